The van der Waals surface area contributed by atoms with Crippen LogP contribution in [0.15, 0.2) is 102 Å². The number of hydrogen-bond donors (Lipinski definition) is 1. The highest BCUT2D eigenvalue weighted by Gasteiger charge is 2.15. The van der Waals surface area contributed by atoms with Crippen molar-refractivity contribution in [2.75, 3.05) is 6.54 Å². The zero-order chi connectivity index (χ0) is 23.0. The molecular weight excluding hydrogens is 410 g/mol. The van der Waals surface area contributed by atoms with Gasteiger partial charge in [-0.15, -0.1) is 0 Å². The molecule has 1 heterocycles. The predicted octanol–water partition coefficient (Wildman–Crippen LogP) is 4.56. The number of nitrogens with zero attached hydrogens (tertiary/aromatic N) is 2. The summed E-state index contributed by atoms with van der Waals surface area (Å²) in [5.74, 6) is -0.0519. The van der Waals surface area contributed by atoms with Gasteiger partial charge in [-0.3, -0.25) is 9.59 Å². The number of benzene rings is 3. The molecule has 1 N–H and O–H groups in total. The average Bonchev–Trinajstić information content (AvgIpc) is 2.85. The lowest BCUT2D eigenvalue weighted by Crippen LogP contribution is -2.34. The maximum Gasteiger partial charge on any atom is 0.267 e. The fourth-order valence-corrected chi connectivity index (χ4v) is 3.88. The molecule has 0 spiro atoms. The van der Waals surface area contributed by atoms with E-state index in [-0.39, 0.29) is 23.9 Å². The molecule has 0 saturated carbocycles. The summed E-state index contributed by atoms with van der Waals surface area (Å²) in [6.45, 7) is 2.40. The summed E-state index contributed by atoms with van der Waals surface area (Å²) in [6.07, 6.45) is 0.755. The molecule has 0 aliphatic rings. The van der Waals surface area contributed by atoms with Crippen LogP contribution in [0.3, 0.4) is 0 Å². The second-order valence-electron chi connectivity index (χ2n) is 8.09. The maximum atomic E-state index is 12.6. The average molecular weight is 438 g/mol. The topological polar surface area (TPSA) is 64.0 Å². The molecule has 0 fully saturated rings. The van der Waals surface area contributed by atoms with Crippen molar-refractivity contribution < 1.29 is 4.79 Å². The smallest absolute Gasteiger partial charge is 0.267 e. The lowest BCUT2D eigenvalue weighted by Gasteiger charge is -2.18. The first-order chi connectivity index (χ1) is 16.1. The number of aryl methyl sites for hydroxylation is 1. The minimum absolute atomic E-state index is 0.111. The Morgan fingerprint density at radius 3 is 2.06 bits per heavy atom. The van der Waals surface area contributed by atoms with Crippen LogP contribution in [0.5, 0.6) is 0 Å². The molecule has 0 atom stereocenters. The molecule has 0 radical (unpaired) electrons. The van der Waals surface area contributed by atoms with Gasteiger partial charge in [-0.25, -0.2) is 4.68 Å². The predicted molar refractivity (Wildman–Crippen MR) is 131 cm³/mol. The van der Waals surface area contributed by atoms with Crippen LogP contribution in [0.25, 0.3) is 11.3 Å². The van der Waals surface area contributed by atoms with Gasteiger partial charge in [0, 0.05) is 24.1 Å². The van der Waals surface area contributed by atoms with Gasteiger partial charge in [0.15, 0.2) is 0 Å². The van der Waals surface area contributed by atoms with Crippen molar-refractivity contribution in [2.24, 2.45) is 0 Å². The molecule has 5 heteroatoms. The van der Waals surface area contributed by atoms with Gasteiger partial charge in [0.05, 0.1) is 5.69 Å². The van der Waals surface area contributed by atoms with Crippen LogP contribution in [0.4, 0.5) is 0 Å². The summed E-state index contributed by atoms with van der Waals surface area (Å²) in [6, 6.07) is 31.6. The van der Waals surface area contributed by atoms with Crippen LogP contribution in [-0.2, 0) is 11.3 Å². The SMILES string of the molecule is Cc1ccc(-c2ccc(=O)n(CC(=O)NCCC(c3ccccc3)c3ccccc3)n2)cc1. The number of nitrogens with one attached hydrogen (secondary N) is 1. The van der Waals surface area contributed by atoms with E-state index >= 15 is 0 Å². The Balaban J connectivity index is 1.41. The summed E-state index contributed by atoms with van der Waals surface area (Å²) in [7, 11) is 0. The molecule has 1 aromatic heterocycles. The van der Waals surface area contributed by atoms with E-state index in [0.29, 0.717) is 12.2 Å². The summed E-state index contributed by atoms with van der Waals surface area (Å²) >= 11 is 0. The number of carbonyl (C=O) groups is 1. The fraction of sp³-hybridized carbons (Fsp3) is 0.179. The second kappa shape index (κ2) is 10.6. The summed E-state index contributed by atoms with van der Waals surface area (Å²) in [4.78, 5) is 24.9. The number of rotatable bonds is 8. The van der Waals surface area contributed by atoms with Crippen molar-refractivity contribution in [1.29, 1.82) is 0 Å². The van der Waals surface area contributed by atoms with Gasteiger partial charge in [-0.05, 0) is 30.5 Å². The lowest BCUT2D eigenvalue weighted by atomic mass is 9.88. The second-order valence-corrected chi connectivity index (χ2v) is 8.09. The quantitative estimate of drug-likeness (QED) is 0.440. The minimum Gasteiger partial charge on any atom is -0.354 e. The molecule has 3 aromatic carbocycles. The van der Waals surface area contributed by atoms with E-state index in [4.69, 9.17) is 0 Å². The van der Waals surface area contributed by atoms with E-state index in [2.05, 4.69) is 34.7 Å². The number of aromatic nitrogens is 2. The lowest BCUT2D eigenvalue weighted by molar-refractivity contribution is -0.121. The van der Waals surface area contributed by atoms with Gasteiger partial charge < -0.3 is 5.32 Å². The van der Waals surface area contributed by atoms with Crippen LogP contribution < -0.4 is 10.9 Å². The van der Waals surface area contributed by atoms with Gasteiger partial charge >= 0.3 is 0 Å². The highest BCUT2D eigenvalue weighted by molar-refractivity contribution is 5.75. The van der Waals surface area contributed by atoms with Gasteiger partial charge in [0.2, 0.25) is 5.91 Å². The summed E-state index contributed by atoms with van der Waals surface area (Å²) in [5.41, 5.74) is 4.84. The third-order valence-corrected chi connectivity index (χ3v) is 5.67. The Hall–Kier alpha value is -3.99. The Bertz CT molecular complexity index is 1210. The van der Waals surface area contributed by atoms with Crippen molar-refractivity contribution in [1.82, 2.24) is 15.1 Å². The van der Waals surface area contributed by atoms with E-state index in [1.54, 1.807) is 6.07 Å². The molecule has 166 valence electrons. The third kappa shape index (κ3) is 5.83. The van der Waals surface area contributed by atoms with Gasteiger partial charge in [-0.1, -0.05) is 90.5 Å². The van der Waals surface area contributed by atoms with Crippen molar-refractivity contribution in [2.45, 2.75) is 25.8 Å². The van der Waals surface area contributed by atoms with Crippen LogP contribution in [-0.4, -0.2) is 22.2 Å². The minimum atomic E-state index is -0.299. The first-order valence-corrected chi connectivity index (χ1v) is 11.1. The zero-order valence-corrected chi connectivity index (χ0v) is 18.6. The highest BCUT2D eigenvalue weighted by Crippen LogP contribution is 2.27. The molecule has 5 nitrogen and oxygen atoms in total. The first-order valence-electron chi connectivity index (χ1n) is 11.1. The highest BCUT2D eigenvalue weighted by atomic mass is 16.2. The van der Waals surface area contributed by atoms with Gasteiger partial charge in [0.1, 0.15) is 6.54 Å². The maximum absolute atomic E-state index is 12.6. The van der Waals surface area contributed by atoms with Crippen molar-refractivity contribution in [3.63, 3.8) is 0 Å². The molecule has 4 rings (SSSR count). The Kier molecular flexibility index (Phi) is 7.10. The number of amides is 1. The Labute approximate surface area is 193 Å². The van der Waals surface area contributed by atoms with Crippen LogP contribution in [0.2, 0.25) is 0 Å². The molecular formula is C28H27N3O2. The van der Waals surface area contributed by atoms with E-state index in [1.807, 2.05) is 67.6 Å². The molecule has 4 aromatic rings. The van der Waals surface area contributed by atoms with Crippen LogP contribution in [0.1, 0.15) is 29.0 Å². The van der Waals surface area contributed by atoms with E-state index < -0.39 is 0 Å². The van der Waals surface area contributed by atoms with Crippen molar-refractivity contribution in [3.05, 3.63) is 124 Å². The fourth-order valence-electron chi connectivity index (χ4n) is 3.88. The van der Waals surface area contributed by atoms with Crippen LogP contribution in [0, 0.1) is 6.92 Å². The summed E-state index contributed by atoms with van der Waals surface area (Å²) in [5, 5.41) is 7.35. The molecule has 0 bridgehead atoms. The van der Waals surface area contributed by atoms with Crippen molar-refractivity contribution >= 4 is 5.91 Å². The molecule has 33 heavy (non-hydrogen) atoms. The number of hydrogen-bond acceptors (Lipinski definition) is 3. The first kappa shape index (κ1) is 22.2. The summed E-state index contributed by atoms with van der Waals surface area (Å²) < 4.78 is 1.22. The normalized spacial score (nSPS) is 10.8. The standard InChI is InChI=1S/C28H27N3O2/c1-21-12-14-24(15-13-21)26-16-17-28(33)31(30-26)20-27(32)29-19-18-25(22-8-4-2-5-9-22)23-10-6-3-7-11-23/h2-17,25H,18-20H2,1H3,(H,29,32). The zero-order valence-electron chi connectivity index (χ0n) is 18.6. The Morgan fingerprint density at radius 1 is 0.848 bits per heavy atom. The van der Waals surface area contributed by atoms with E-state index in [1.165, 1.54) is 21.9 Å². The van der Waals surface area contributed by atoms with E-state index in [0.717, 1.165) is 17.5 Å². The number of carbonyl (C=O) groups excluding carboxylic acids is 1. The van der Waals surface area contributed by atoms with Gasteiger partial charge in [-0.2, -0.15) is 5.10 Å². The molecule has 0 saturated heterocycles. The van der Waals surface area contributed by atoms with Gasteiger partial charge in [0.25, 0.3) is 5.56 Å². The Morgan fingerprint density at radius 2 is 1.45 bits per heavy atom. The third-order valence-electron chi connectivity index (χ3n) is 5.67. The molecule has 0 aliphatic heterocycles. The van der Waals surface area contributed by atoms with Crippen LogP contribution >= 0.6 is 0 Å². The largest absolute Gasteiger partial charge is 0.354 e. The molecule has 1 amide bonds. The van der Waals surface area contributed by atoms with E-state index in [9.17, 15) is 9.59 Å². The molecule has 0 aliphatic carbocycles. The van der Waals surface area contributed by atoms with Crippen molar-refractivity contribution in [3.8, 4) is 11.3 Å². The monoisotopic (exact) mass is 437 g/mol. The molecule has 0 unspecified atom stereocenters.